The number of halogens is 1. The van der Waals surface area contributed by atoms with Gasteiger partial charge in [-0.1, -0.05) is 0 Å². The van der Waals surface area contributed by atoms with Gasteiger partial charge in [-0.3, -0.25) is 4.57 Å². The van der Waals surface area contributed by atoms with Crippen molar-refractivity contribution in [3.8, 4) is 0 Å². The van der Waals surface area contributed by atoms with Gasteiger partial charge in [0.15, 0.2) is 5.58 Å². The largest absolute Gasteiger partial charge is 0.419 e. The van der Waals surface area contributed by atoms with Crippen molar-refractivity contribution in [1.82, 2.24) is 8.87 Å². The SMILES string of the molecule is Cl.Cn1c(=O)oc2cc(S(=O)(=O)N3CC4CCC(N)C4C3)ccc21. The smallest absolute Gasteiger partial charge is 0.408 e. The zero-order chi connectivity index (χ0) is 16.4. The van der Waals surface area contributed by atoms with Crippen LogP contribution in [0.2, 0.25) is 0 Å². The number of sulfonamides is 1. The Hall–Kier alpha value is -1.35. The number of fused-ring (bicyclic) bond motifs is 2. The van der Waals surface area contributed by atoms with Gasteiger partial charge in [0.25, 0.3) is 0 Å². The predicted octanol–water partition coefficient (Wildman–Crippen LogP) is 0.911. The van der Waals surface area contributed by atoms with Crippen molar-refractivity contribution in [1.29, 1.82) is 0 Å². The lowest BCUT2D eigenvalue weighted by molar-refractivity contribution is 0.427. The Bertz CT molecular complexity index is 936. The molecule has 2 aliphatic rings. The van der Waals surface area contributed by atoms with Gasteiger partial charge in [0, 0.05) is 32.2 Å². The van der Waals surface area contributed by atoms with E-state index < -0.39 is 15.8 Å². The molecule has 1 aliphatic heterocycles. The average Bonchev–Trinajstić information content (AvgIpc) is 3.16. The summed E-state index contributed by atoms with van der Waals surface area (Å²) < 4.78 is 33.7. The molecule has 0 amide bonds. The molecule has 0 spiro atoms. The Morgan fingerprint density at radius 2 is 2.00 bits per heavy atom. The highest BCUT2D eigenvalue weighted by Crippen LogP contribution is 2.39. The van der Waals surface area contributed by atoms with Gasteiger partial charge < -0.3 is 10.2 Å². The fourth-order valence-corrected chi connectivity index (χ4v) is 5.44. The highest BCUT2D eigenvalue weighted by Gasteiger charge is 2.45. The van der Waals surface area contributed by atoms with E-state index in [1.54, 1.807) is 13.1 Å². The number of nitrogens with zero attached hydrogens (tertiary/aromatic N) is 2. The number of nitrogens with two attached hydrogens (primary N) is 1. The van der Waals surface area contributed by atoms with Gasteiger partial charge in [-0.05, 0) is 36.8 Å². The van der Waals surface area contributed by atoms with Crippen molar-refractivity contribution in [2.45, 2.75) is 23.8 Å². The van der Waals surface area contributed by atoms with E-state index in [1.165, 1.54) is 21.0 Å². The molecule has 9 heteroatoms. The molecule has 24 heavy (non-hydrogen) atoms. The molecule has 3 unspecified atom stereocenters. The molecule has 1 aromatic carbocycles. The van der Waals surface area contributed by atoms with E-state index >= 15 is 0 Å². The van der Waals surface area contributed by atoms with Gasteiger partial charge in [-0.2, -0.15) is 4.31 Å². The molecule has 2 N–H and O–H groups in total. The van der Waals surface area contributed by atoms with Crippen LogP contribution in [0.4, 0.5) is 0 Å². The minimum atomic E-state index is -3.59. The van der Waals surface area contributed by atoms with E-state index in [9.17, 15) is 13.2 Å². The van der Waals surface area contributed by atoms with E-state index in [-0.39, 0.29) is 34.8 Å². The summed E-state index contributed by atoms with van der Waals surface area (Å²) in [5.74, 6) is 0.109. The number of rotatable bonds is 2. The fourth-order valence-electron chi connectivity index (χ4n) is 3.89. The van der Waals surface area contributed by atoms with E-state index in [4.69, 9.17) is 10.2 Å². The minimum Gasteiger partial charge on any atom is -0.408 e. The van der Waals surface area contributed by atoms with Crippen LogP contribution in [-0.2, 0) is 17.1 Å². The molecule has 1 saturated heterocycles. The van der Waals surface area contributed by atoms with Crippen LogP contribution in [0.25, 0.3) is 11.1 Å². The summed E-state index contributed by atoms with van der Waals surface area (Å²) in [5.41, 5.74) is 6.95. The second kappa shape index (κ2) is 5.87. The fraction of sp³-hybridized carbons (Fsp3) is 0.533. The summed E-state index contributed by atoms with van der Waals surface area (Å²) >= 11 is 0. The van der Waals surface area contributed by atoms with Crippen LogP contribution in [0.1, 0.15) is 12.8 Å². The third-order valence-electron chi connectivity index (χ3n) is 5.28. The van der Waals surface area contributed by atoms with Crippen LogP contribution in [0.3, 0.4) is 0 Å². The number of benzene rings is 1. The van der Waals surface area contributed by atoms with E-state index in [1.807, 2.05) is 0 Å². The first-order chi connectivity index (χ1) is 10.9. The third kappa shape index (κ3) is 2.48. The number of aryl methyl sites for hydroxylation is 1. The summed E-state index contributed by atoms with van der Waals surface area (Å²) in [5, 5.41) is 0. The molecule has 2 fully saturated rings. The van der Waals surface area contributed by atoms with Gasteiger partial charge in [0.1, 0.15) is 0 Å². The monoisotopic (exact) mass is 373 g/mol. The molecule has 1 aromatic heterocycles. The van der Waals surface area contributed by atoms with E-state index in [2.05, 4.69) is 0 Å². The van der Waals surface area contributed by atoms with Crippen LogP contribution in [-0.4, -0.2) is 36.4 Å². The molecular weight excluding hydrogens is 354 g/mol. The van der Waals surface area contributed by atoms with E-state index in [0.717, 1.165) is 12.8 Å². The second-order valence-electron chi connectivity index (χ2n) is 6.54. The molecule has 7 nitrogen and oxygen atoms in total. The summed E-state index contributed by atoms with van der Waals surface area (Å²) in [7, 11) is -2.00. The molecular formula is C15H20ClN3O4S. The first kappa shape index (κ1) is 17.5. The first-order valence-corrected chi connectivity index (χ1v) is 9.17. The average molecular weight is 374 g/mol. The standard InChI is InChI=1S/C15H19N3O4S.ClH/c1-17-13-5-3-10(6-14(13)22-15(17)19)23(20,21)18-7-9-2-4-12(16)11(9)8-18;/h3,5-6,9,11-12H,2,4,7-8,16H2,1H3;1H. The Kier molecular flexibility index (Phi) is 4.28. The van der Waals surface area contributed by atoms with Gasteiger partial charge in [0.05, 0.1) is 10.4 Å². The molecule has 0 bridgehead atoms. The van der Waals surface area contributed by atoms with Crippen molar-refractivity contribution < 1.29 is 12.8 Å². The molecule has 1 saturated carbocycles. The van der Waals surface area contributed by atoms with Crippen molar-refractivity contribution in [3.05, 3.63) is 28.7 Å². The summed E-state index contributed by atoms with van der Waals surface area (Å²) in [6.45, 7) is 1.00. The van der Waals surface area contributed by atoms with Gasteiger partial charge in [-0.15, -0.1) is 12.4 Å². The summed E-state index contributed by atoms with van der Waals surface area (Å²) in [6.07, 6.45) is 1.97. The zero-order valence-electron chi connectivity index (χ0n) is 13.2. The minimum absolute atomic E-state index is 0. The highest BCUT2D eigenvalue weighted by atomic mass is 35.5. The normalized spacial score (nSPS) is 27.3. The molecule has 3 atom stereocenters. The van der Waals surface area contributed by atoms with Gasteiger partial charge in [-0.25, -0.2) is 13.2 Å². The number of aromatic nitrogens is 1. The summed E-state index contributed by atoms with van der Waals surface area (Å²) in [4.78, 5) is 11.7. The van der Waals surface area contributed by atoms with Crippen LogP contribution >= 0.6 is 12.4 Å². The number of oxazole rings is 1. The summed E-state index contributed by atoms with van der Waals surface area (Å²) in [6, 6.07) is 4.66. The Morgan fingerprint density at radius 1 is 1.25 bits per heavy atom. The second-order valence-corrected chi connectivity index (χ2v) is 8.48. The Balaban J connectivity index is 0.00000169. The van der Waals surface area contributed by atoms with Crippen molar-refractivity contribution in [2.75, 3.05) is 13.1 Å². The lowest BCUT2D eigenvalue weighted by Crippen LogP contribution is -2.33. The number of hydrogen-bond acceptors (Lipinski definition) is 5. The molecule has 4 rings (SSSR count). The van der Waals surface area contributed by atoms with Crippen molar-refractivity contribution in [2.24, 2.45) is 24.6 Å². The van der Waals surface area contributed by atoms with Crippen LogP contribution in [0.15, 0.2) is 32.3 Å². The third-order valence-corrected chi connectivity index (χ3v) is 7.11. The first-order valence-electron chi connectivity index (χ1n) is 7.73. The van der Waals surface area contributed by atoms with Crippen LogP contribution < -0.4 is 11.5 Å². The molecule has 2 heterocycles. The van der Waals surface area contributed by atoms with Crippen molar-refractivity contribution >= 4 is 33.5 Å². The van der Waals surface area contributed by atoms with Gasteiger partial charge >= 0.3 is 5.76 Å². The maximum atomic E-state index is 12.9. The highest BCUT2D eigenvalue weighted by molar-refractivity contribution is 7.89. The molecule has 2 aromatic rings. The number of hydrogen-bond donors (Lipinski definition) is 1. The zero-order valence-corrected chi connectivity index (χ0v) is 14.8. The predicted molar refractivity (Wildman–Crippen MR) is 91.7 cm³/mol. The van der Waals surface area contributed by atoms with Crippen molar-refractivity contribution in [3.63, 3.8) is 0 Å². The lowest BCUT2D eigenvalue weighted by atomic mass is 9.98. The topological polar surface area (TPSA) is 98.5 Å². The maximum absolute atomic E-state index is 12.9. The molecule has 132 valence electrons. The Morgan fingerprint density at radius 3 is 2.71 bits per heavy atom. The van der Waals surface area contributed by atoms with E-state index in [0.29, 0.717) is 24.5 Å². The lowest BCUT2D eigenvalue weighted by Gasteiger charge is -2.18. The van der Waals surface area contributed by atoms with Crippen LogP contribution in [0.5, 0.6) is 0 Å². The van der Waals surface area contributed by atoms with Gasteiger partial charge in [0.2, 0.25) is 10.0 Å². The van der Waals surface area contributed by atoms with Crippen LogP contribution in [0, 0.1) is 11.8 Å². The molecule has 1 aliphatic carbocycles. The molecule has 0 radical (unpaired) electrons. The quantitative estimate of drug-likeness (QED) is 0.843. The Labute approximate surface area is 145 Å². The maximum Gasteiger partial charge on any atom is 0.419 e.